The Morgan fingerprint density at radius 2 is 1.74 bits per heavy atom. The molecule has 1 heterocycles. The molecular formula is C24H39NO2. The van der Waals surface area contributed by atoms with Crippen molar-refractivity contribution in [2.75, 3.05) is 13.1 Å². The van der Waals surface area contributed by atoms with Gasteiger partial charge in [-0.05, 0) is 50.6 Å². The summed E-state index contributed by atoms with van der Waals surface area (Å²) < 4.78 is 0. The van der Waals surface area contributed by atoms with Gasteiger partial charge in [-0.15, -0.1) is 0 Å². The van der Waals surface area contributed by atoms with Crippen LogP contribution in [-0.4, -0.2) is 24.7 Å². The van der Waals surface area contributed by atoms with Crippen LogP contribution in [0.5, 0.6) is 0 Å². The normalized spacial score (nSPS) is 19.1. The predicted octanol–water partition coefficient (Wildman–Crippen LogP) is 5.37. The minimum absolute atomic E-state index is 0.203. The Morgan fingerprint density at radius 3 is 2.37 bits per heavy atom. The predicted molar refractivity (Wildman–Crippen MR) is 114 cm³/mol. The molecule has 0 spiro atoms. The Labute approximate surface area is 166 Å². The van der Waals surface area contributed by atoms with Crippen LogP contribution in [0.1, 0.15) is 77.7 Å². The molecule has 2 rings (SSSR count). The molecule has 0 radical (unpaired) electrons. The number of carbonyl (C=O) groups is 2. The smallest absolute Gasteiger partial charge is 0.134 e. The summed E-state index contributed by atoms with van der Waals surface area (Å²) in [5.41, 5.74) is 1.35. The first kappa shape index (κ1) is 23.6. The number of hydrogen-bond donors (Lipinski definition) is 1. The molecule has 0 amide bonds. The summed E-state index contributed by atoms with van der Waals surface area (Å²) in [5.74, 6) is 1.49. The number of rotatable bonds is 10. The number of piperidine rings is 1. The van der Waals surface area contributed by atoms with Crippen LogP contribution in [-0.2, 0) is 16.0 Å². The Balaban J connectivity index is 0.000000293. The van der Waals surface area contributed by atoms with Gasteiger partial charge in [0.15, 0.2) is 0 Å². The van der Waals surface area contributed by atoms with Gasteiger partial charge in [0.1, 0.15) is 11.6 Å². The maximum atomic E-state index is 11.6. The molecule has 0 aliphatic carbocycles. The molecular weight excluding hydrogens is 334 g/mol. The van der Waals surface area contributed by atoms with E-state index in [2.05, 4.69) is 43.4 Å². The highest BCUT2D eigenvalue weighted by molar-refractivity contribution is 5.79. The zero-order chi connectivity index (χ0) is 19.9. The number of unbranched alkanes of at least 4 members (excludes halogenated alkanes) is 3. The maximum absolute atomic E-state index is 11.6. The summed E-state index contributed by atoms with van der Waals surface area (Å²) in [5, 5.41) is 3.31. The lowest BCUT2D eigenvalue weighted by Gasteiger charge is -2.30. The topological polar surface area (TPSA) is 46.2 Å². The highest BCUT2D eigenvalue weighted by atomic mass is 16.1. The summed E-state index contributed by atoms with van der Waals surface area (Å²) in [6, 6.07) is 10.5. The van der Waals surface area contributed by atoms with Crippen molar-refractivity contribution in [3.8, 4) is 0 Å². The van der Waals surface area contributed by atoms with Gasteiger partial charge in [-0.1, -0.05) is 63.4 Å². The molecule has 1 aromatic rings. The van der Waals surface area contributed by atoms with Gasteiger partial charge in [-0.3, -0.25) is 9.59 Å². The van der Waals surface area contributed by atoms with Crippen LogP contribution in [0.4, 0.5) is 0 Å². The third-order valence-corrected chi connectivity index (χ3v) is 5.33. The fourth-order valence-electron chi connectivity index (χ4n) is 3.70. The van der Waals surface area contributed by atoms with Crippen LogP contribution in [0.3, 0.4) is 0 Å². The van der Waals surface area contributed by atoms with E-state index in [0.717, 1.165) is 51.6 Å². The number of nitrogens with one attached hydrogen (secondary N) is 1. The molecule has 2 unspecified atom stereocenters. The first-order chi connectivity index (χ1) is 13.1. The second-order valence-corrected chi connectivity index (χ2v) is 7.76. The molecule has 1 saturated heterocycles. The molecule has 3 heteroatoms. The van der Waals surface area contributed by atoms with Gasteiger partial charge >= 0.3 is 0 Å². The van der Waals surface area contributed by atoms with Crippen molar-refractivity contribution in [3.05, 3.63) is 35.9 Å². The molecule has 1 aliphatic heterocycles. The lowest BCUT2D eigenvalue weighted by molar-refractivity contribution is -0.123. The molecule has 1 aromatic carbocycles. The lowest BCUT2D eigenvalue weighted by atomic mass is 9.80. The van der Waals surface area contributed by atoms with Gasteiger partial charge in [0, 0.05) is 25.3 Å². The monoisotopic (exact) mass is 373 g/mol. The Bertz CT molecular complexity index is 526. The van der Waals surface area contributed by atoms with Gasteiger partial charge in [-0.25, -0.2) is 0 Å². The molecule has 1 N–H and O–H groups in total. The Morgan fingerprint density at radius 1 is 1.00 bits per heavy atom. The fraction of sp³-hybridized carbons (Fsp3) is 0.667. The second kappa shape index (κ2) is 14.6. The van der Waals surface area contributed by atoms with E-state index >= 15 is 0 Å². The zero-order valence-electron chi connectivity index (χ0n) is 17.6. The van der Waals surface area contributed by atoms with Gasteiger partial charge in [0.2, 0.25) is 0 Å². The lowest BCUT2D eigenvalue weighted by Crippen LogP contribution is -2.40. The Hall–Kier alpha value is -1.48. The van der Waals surface area contributed by atoms with E-state index in [-0.39, 0.29) is 5.92 Å². The number of carbonyl (C=O) groups excluding carboxylic acids is 2. The molecule has 0 aromatic heterocycles. The number of ketones is 2. The third-order valence-electron chi connectivity index (χ3n) is 5.33. The van der Waals surface area contributed by atoms with Crippen LogP contribution < -0.4 is 5.32 Å². The molecule has 27 heavy (non-hydrogen) atoms. The van der Waals surface area contributed by atoms with Crippen LogP contribution in [0.25, 0.3) is 0 Å². The van der Waals surface area contributed by atoms with Crippen molar-refractivity contribution < 1.29 is 9.59 Å². The summed E-state index contributed by atoms with van der Waals surface area (Å²) in [6.45, 7) is 7.86. The minimum Gasteiger partial charge on any atom is -0.316 e. The van der Waals surface area contributed by atoms with Crippen LogP contribution >= 0.6 is 0 Å². The van der Waals surface area contributed by atoms with Crippen LogP contribution in [0.2, 0.25) is 0 Å². The average molecular weight is 374 g/mol. The van der Waals surface area contributed by atoms with Gasteiger partial charge in [0.05, 0.1) is 0 Å². The summed E-state index contributed by atoms with van der Waals surface area (Å²) >= 11 is 0. The summed E-state index contributed by atoms with van der Waals surface area (Å²) in [4.78, 5) is 22.6. The van der Waals surface area contributed by atoms with E-state index in [9.17, 15) is 9.59 Å². The highest BCUT2D eigenvalue weighted by Gasteiger charge is 2.28. The third kappa shape index (κ3) is 10.4. The first-order valence-electron chi connectivity index (χ1n) is 10.8. The Kier molecular flexibility index (Phi) is 12.7. The molecule has 152 valence electrons. The quantitative estimate of drug-likeness (QED) is 0.561. The van der Waals surface area contributed by atoms with Crippen LogP contribution in [0.15, 0.2) is 30.3 Å². The average Bonchev–Trinajstić information content (AvgIpc) is 2.67. The van der Waals surface area contributed by atoms with Crippen molar-refractivity contribution >= 4 is 11.6 Å². The van der Waals surface area contributed by atoms with Crippen molar-refractivity contribution in [1.82, 2.24) is 5.32 Å². The minimum atomic E-state index is 0.203. The molecule has 0 bridgehead atoms. The molecule has 0 saturated carbocycles. The van der Waals surface area contributed by atoms with Crippen LogP contribution in [0, 0.1) is 11.8 Å². The van der Waals surface area contributed by atoms with E-state index in [1.807, 2.05) is 6.07 Å². The van der Waals surface area contributed by atoms with Gasteiger partial charge < -0.3 is 5.32 Å². The molecule has 3 nitrogen and oxygen atoms in total. The zero-order valence-corrected chi connectivity index (χ0v) is 17.6. The largest absolute Gasteiger partial charge is 0.316 e. The van der Waals surface area contributed by atoms with Gasteiger partial charge in [-0.2, -0.15) is 0 Å². The summed E-state index contributed by atoms with van der Waals surface area (Å²) in [6.07, 6.45) is 9.61. The van der Waals surface area contributed by atoms with Crippen molar-refractivity contribution in [1.29, 1.82) is 0 Å². The highest BCUT2D eigenvalue weighted by Crippen LogP contribution is 2.24. The van der Waals surface area contributed by atoms with Crippen molar-refractivity contribution in [2.45, 2.75) is 78.6 Å². The number of hydrogen-bond acceptors (Lipinski definition) is 3. The number of Topliss-reactive ketones (excluding diaryl/α,β-unsaturated/α-hetero) is 2. The number of benzene rings is 1. The molecule has 2 atom stereocenters. The van der Waals surface area contributed by atoms with E-state index < -0.39 is 0 Å². The van der Waals surface area contributed by atoms with Gasteiger partial charge in [0.25, 0.3) is 0 Å². The first-order valence-corrected chi connectivity index (χ1v) is 10.8. The van der Waals surface area contributed by atoms with Crippen molar-refractivity contribution in [3.63, 3.8) is 0 Å². The van der Waals surface area contributed by atoms with E-state index in [0.29, 0.717) is 17.5 Å². The molecule has 1 fully saturated rings. The SMILES string of the molecule is CC(=O)C1CNCCC1Cc1ccccc1.CCCCCCC(=O)CCC. The van der Waals surface area contributed by atoms with Crippen molar-refractivity contribution in [2.24, 2.45) is 11.8 Å². The van der Waals surface area contributed by atoms with E-state index in [1.165, 1.54) is 24.8 Å². The summed E-state index contributed by atoms with van der Waals surface area (Å²) in [7, 11) is 0. The second-order valence-electron chi connectivity index (χ2n) is 7.76. The van der Waals surface area contributed by atoms with E-state index in [4.69, 9.17) is 0 Å². The molecule has 1 aliphatic rings. The standard InChI is InChI=1S/C14H19NO.C10H20O/c1-11(16)14-10-15-8-7-13(14)9-12-5-3-2-4-6-12;1-3-5-6-7-9-10(11)8-4-2/h2-6,13-15H,7-10H2,1H3;3-9H2,1-2H3. The maximum Gasteiger partial charge on any atom is 0.134 e. The van der Waals surface area contributed by atoms with E-state index in [1.54, 1.807) is 6.92 Å². The fourth-order valence-corrected chi connectivity index (χ4v) is 3.70.